The highest BCUT2D eigenvalue weighted by atomic mass is 16.5. The number of methoxy groups -OCH3 is 1. The van der Waals surface area contributed by atoms with Crippen LogP contribution < -0.4 is 14.8 Å². The Morgan fingerprint density at radius 2 is 2.11 bits per heavy atom. The second kappa shape index (κ2) is 8.19. The van der Waals surface area contributed by atoms with Crippen molar-refractivity contribution in [2.24, 2.45) is 0 Å². The molecule has 2 aromatic heterocycles. The number of H-pyrrole nitrogens is 1. The van der Waals surface area contributed by atoms with Crippen molar-refractivity contribution in [2.45, 2.75) is 0 Å². The summed E-state index contributed by atoms with van der Waals surface area (Å²) in [4.78, 5) is 10.7. The van der Waals surface area contributed by atoms with Crippen LogP contribution in [0.2, 0.25) is 0 Å². The van der Waals surface area contributed by atoms with E-state index in [1.807, 2.05) is 12.1 Å². The Hall–Kier alpha value is -2.91. The molecule has 0 unspecified atom stereocenters. The number of aromatic amines is 1. The van der Waals surface area contributed by atoms with Crippen LogP contribution in [0.15, 0.2) is 30.9 Å². The van der Waals surface area contributed by atoms with E-state index in [9.17, 15) is 0 Å². The molecule has 0 saturated carbocycles. The summed E-state index contributed by atoms with van der Waals surface area (Å²) >= 11 is 0. The fourth-order valence-corrected chi connectivity index (χ4v) is 2.99. The fraction of sp³-hybridized carbons (Fsp3) is 0.389. The summed E-state index contributed by atoms with van der Waals surface area (Å²) in [5.41, 5.74) is 1.69. The molecule has 9 heteroatoms. The number of rotatable bonds is 7. The van der Waals surface area contributed by atoms with E-state index in [1.54, 1.807) is 19.5 Å². The number of ether oxygens (including phenoxy) is 3. The van der Waals surface area contributed by atoms with Gasteiger partial charge in [-0.2, -0.15) is 5.10 Å². The van der Waals surface area contributed by atoms with Gasteiger partial charge in [0.1, 0.15) is 18.7 Å². The fourth-order valence-electron chi connectivity index (χ4n) is 2.99. The molecule has 0 spiro atoms. The van der Waals surface area contributed by atoms with Crippen LogP contribution in [0.4, 0.5) is 11.5 Å². The lowest BCUT2D eigenvalue weighted by Gasteiger charge is -2.26. The molecule has 2 N–H and O–H groups in total. The van der Waals surface area contributed by atoms with Gasteiger partial charge >= 0.3 is 0 Å². The van der Waals surface area contributed by atoms with Gasteiger partial charge in [-0.1, -0.05) is 0 Å². The minimum absolute atomic E-state index is 0.556. The van der Waals surface area contributed by atoms with Gasteiger partial charge in [0.15, 0.2) is 11.6 Å². The van der Waals surface area contributed by atoms with E-state index in [1.165, 1.54) is 6.33 Å². The molecule has 9 nitrogen and oxygen atoms in total. The van der Waals surface area contributed by atoms with Crippen molar-refractivity contribution >= 4 is 22.4 Å². The number of aromatic nitrogens is 4. The molecule has 1 aromatic carbocycles. The molecule has 0 radical (unpaired) electrons. The van der Waals surface area contributed by atoms with Crippen molar-refractivity contribution < 1.29 is 14.2 Å². The van der Waals surface area contributed by atoms with Gasteiger partial charge < -0.3 is 19.5 Å². The minimum Gasteiger partial charge on any atom is -0.494 e. The average molecular weight is 370 g/mol. The van der Waals surface area contributed by atoms with Gasteiger partial charge in [-0.05, 0) is 6.07 Å². The number of anilines is 2. The topological polar surface area (TPSA) is 97.4 Å². The Bertz CT molecular complexity index is 894. The van der Waals surface area contributed by atoms with Crippen molar-refractivity contribution in [1.29, 1.82) is 0 Å². The quantitative estimate of drug-likeness (QED) is 0.650. The summed E-state index contributed by atoms with van der Waals surface area (Å²) in [5, 5.41) is 11.2. The van der Waals surface area contributed by atoms with Crippen LogP contribution in [-0.2, 0) is 4.74 Å². The summed E-state index contributed by atoms with van der Waals surface area (Å²) in [6.45, 7) is 4.81. The van der Waals surface area contributed by atoms with Gasteiger partial charge in [0.2, 0.25) is 0 Å². The molecule has 142 valence electrons. The SMILES string of the molecule is COc1cc2[nH]ncc2cc1Nc1ncncc1OCCN1CCOCC1. The standard InChI is InChI=1S/C18H22N6O3/c1-25-16-9-14-13(10-21-23-14)8-15(16)22-18-17(11-19-12-20-18)27-7-4-24-2-5-26-6-3-24/h8-12H,2-7H2,1H3,(H,21,23)(H,19,20,22). The predicted molar refractivity (Wildman–Crippen MR) is 101 cm³/mol. The van der Waals surface area contributed by atoms with Crippen LogP contribution in [-0.4, -0.2) is 71.6 Å². The molecule has 27 heavy (non-hydrogen) atoms. The summed E-state index contributed by atoms with van der Waals surface area (Å²) in [7, 11) is 1.63. The van der Waals surface area contributed by atoms with Gasteiger partial charge in [-0.3, -0.25) is 10.00 Å². The normalized spacial score (nSPS) is 15.0. The number of benzene rings is 1. The first-order valence-corrected chi connectivity index (χ1v) is 8.84. The maximum absolute atomic E-state index is 5.93. The van der Waals surface area contributed by atoms with Crippen LogP contribution in [0.25, 0.3) is 10.9 Å². The monoisotopic (exact) mass is 370 g/mol. The molecule has 0 aliphatic carbocycles. The summed E-state index contributed by atoms with van der Waals surface area (Å²) in [6, 6.07) is 3.85. The minimum atomic E-state index is 0.556. The maximum Gasteiger partial charge on any atom is 0.180 e. The molecule has 1 aliphatic rings. The lowest BCUT2D eigenvalue weighted by atomic mass is 10.2. The highest BCUT2D eigenvalue weighted by molar-refractivity contribution is 5.86. The molecule has 0 amide bonds. The average Bonchev–Trinajstić information content (AvgIpc) is 3.17. The van der Waals surface area contributed by atoms with E-state index >= 15 is 0 Å². The summed E-state index contributed by atoms with van der Waals surface area (Å²) in [6.07, 6.45) is 4.91. The van der Waals surface area contributed by atoms with Crippen molar-refractivity contribution in [3.05, 3.63) is 30.9 Å². The van der Waals surface area contributed by atoms with E-state index in [0.717, 1.165) is 49.4 Å². The van der Waals surface area contributed by atoms with E-state index < -0.39 is 0 Å². The first kappa shape index (κ1) is 17.5. The lowest BCUT2D eigenvalue weighted by molar-refractivity contribution is 0.0322. The maximum atomic E-state index is 5.93. The molecule has 4 rings (SSSR count). The molecular formula is C18H22N6O3. The van der Waals surface area contributed by atoms with Crippen LogP contribution in [0.1, 0.15) is 0 Å². The van der Waals surface area contributed by atoms with Crippen LogP contribution in [0.5, 0.6) is 11.5 Å². The number of fused-ring (bicyclic) bond motifs is 1. The first-order valence-electron chi connectivity index (χ1n) is 8.84. The van der Waals surface area contributed by atoms with Gasteiger partial charge in [0.05, 0.1) is 43.9 Å². The van der Waals surface area contributed by atoms with E-state index in [2.05, 4.69) is 30.4 Å². The van der Waals surface area contributed by atoms with Gasteiger partial charge in [0, 0.05) is 31.1 Å². The largest absolute Gasteiger partial charge is 0.494 e. The van der Waals surface area contributed by atoms with Crippen molar-refractivity contribution in [2.75, 3.05) is 51.9 Å². The molecule has 0 bridgehead atoms. The Morgan fingerprint density at radius 1 is 1.22 bits per heavy atom. The zero-order valence-electron chi connectivity index (χ0n) is 15.1. The highest BCUT2D eigenvalue weighted by Gasteiger charge is 2.13. The van der Waals surface area contributed by atoms with E-state index in [0.29, 0.717) is 23.9 Å². The molecule has 3 aromatic rings. The third-order valence-corrected chi connectivity index (χ3v) is 4.46. The van der Waals surface area contributed by atoms with Gasteiger partial charge in [-0.25, -0.2) is 9.97 Å². The van der Waals surface area contributed by atoms with E-state index in [-0.39, 0.29) is 0 Å². The number of nitrogens with one attached hydrogen (secondary N) is 2. The Morgan fingerprint density at radius 3 is 2.96 bits per heavy atom. The third-order valence-electron chi connectivity index (χ3n) is 4.46. The Kier molecular flexibility index (Phi) is 5.31. The molecule has 1 aliphatic heterocycles. The Balaban J connectivity index is 1.47. The highest BCUT2D eigenvalue weighted by Crippen LogP contribution is 2.33. The number of nitrogens with zero attached hydrogens (tertiary/aromatic N) is 4. The van der Waals surface area contributed by atoms with Crippen molar-refractivity contribution in [1.82, 2.24) is 25.1 Å². The molecule has 0 atom stereocenters. The second-order valence-corrected chi connectivity index (χ2v) is 6.17. The second-order valence-electron chi connectivity index (χ2n) is 6.17. The lowest BCUT2D eigenvalue weighted by Crippen LogP contribution is -2.38. The third kappa shape index (κ3) is 4.09. The molecule has 1 fully saturated rings. The van der Waals surface area contributed by atoms with Crippen LogP contribution in [0, 0.1) is 0 Å². The molecule has 3 heterocycles. The Labute approximate surface area is 156 Å². The molecular weight excluding hydrogens is 348 g/mol. The van der Waals surface area contributed by atoms with E-state index in [4.69, 9.17) is 14.2 Å². The van der Waals surface area contributed by atoms with Crippen LogP contribution in [0.3, 0.4) is 0 Å². The smallest absolute Gasteiger partial charge is 0.180 e. The van der Waals surface area contributed by atoms with Gasteiger partial charge in [-0.15, -0.1) is 0 Å². The van der Waals surface area contributed by atoms with Gasteiger partial charge in [0.25, 0.3) is 0 Å². The number of hydrogen-bond donors (Lipinski definition) is 2. The number of hydrogen-bond acceptors (Lipinski definition) is 8. The summed E-state index contributed by atoms with van der Waals surface area (Å²) in [5.74, 6) is 1.87. The zero-order valence-corrected chi connectivity index (χ0v) is 15.1. The number of morpholine rings is 1. The zero-order chi connectivity index (χ0) is 18.5. The summed E-state index contributed by atoms with van der Waals surface area (Å²) < 4.78 is 16.8. The van der Waals surface area contributed by atoms with Crippen molar-refractivity contribution in [3.8, 4) is 11.5 Å². The van der Waals surface area contributed by atoms with Crippen molar-refractivity contribution in [3.63, 3.8) is 0 Å². The molecule has 1 saturated heterocycles. The predicted octanol–water partition coefficient (Wildman–Crippen LogP) is 1.82. The first-order chi connectivity index (χ1) is 13.3. The van der Waals surface area contributed by atoms with Crippen LogP contribution >= 0.6 is 0 Å².